The van der Waals surface area contributed by atoms with Crippen molar-refractivity contribution in [3.05, 3.63) is 95.6 Å². The van der Waals surface area contributed by atoms with Crippen LogP contribution in [0.15, 0.2) is 83.9 Å². The van der Waals surface area contributed by atoms with Gasteiger partial charge in [-0.15, -0.1) is 0 Å². The number of hydrogen-bond acceptors (Lipinski definition) is 3. The van der Waals surface area contributed by atoms with E-state index in [0.717, 1.165) is 23.3 Å². The number of amides is 2. The molecule has 5 heteroatoms. The number of aryl methyl sites for hydroxylation is 1. The smallest absolute Gasteiger partial charge is 0.249 e. The zero-order valence-corrected chi connectivity index (χ0v) is 16.8. The van der Waals surface area contributed by atoms with Gasteiger partial charge >= 0.3 is 0 Å². The minimum Gasteiger partial charge on any atom is -0.325 e. The van der Waals surface area contributed by atoms with Gasteiger partial charge in [0.15, 0.2) is 0 Å². The first-order valence-corrected chi connectivity index (χ1v) is 10.0. The van der Waals surface area contributed by atoms with E-state index < -0.39 is 0 Å². The van der Waals surface area contributed by atoms with Crippen LogP contribution < -0.4 is 10.2 Å². The average molecular weight is 397 g/mol. The highest BCUT2D eigenvalue weighted by Gasteiger charge is 2.26. The number of aliphatic imine (C=N–C) groups is 1. The molecule has 0 atom stereocenters. The summed E-state index contributed by atoms with van der Waals surface area (Å²) in [6, 6.07) is 25.1. The molecule has 1 aliphatic heterocycles. The molecular formula is C25H23N3O2. The lowest BCUT2D eigenvalue weighted by molar-refractivity contribution is -0.120. The number of rotatable bonds is 5. The molecule has 3 aromatic carbocycles. The molecule has 1 aliphatic rings. The molecule has 3 aromatic rings. The second-order valence-corrected chi connectivity index (χ2v) is 7.13. The van der Waals surface area contributed by atoms with Crippen molar-refractivity contribution in [1.29, 1.82) is 0 Å². The Bertz CT molecular complexity index is 1090. The maximum Gasteiger partial charge on any atom is 0.249 e. The third-order valence-corrected chi connectivity index (χ3v) is 5.12. The Hall–Kier alpha value is -3.73. The summed E-state index contributed by atoms with van der Waals surface area (Å²) < 4.78 is 0. The summed E-state index contributed by atoms with van der Waals surface area (Å²) in [5.74, 6) is -0.449. The Morgan fingerprint density at radius 3 is 2.40 bits per heavy atom. The third-order valence-electron chi connectivity index (χ3n) is 5.12. The van der Waals surface area contributed by atoms with E-state index in [0.29, 0.717) is 11.4 Å². The summed E-state index contributed by atoms with van der Waals surface area (Å²) in [5, 5.41) is 2.88. The molecule has 2 amide bonds. The molecule has 0 fully saturated rings. The van der Waals surface area contributed by atoms with Crippen molar-refractivity contribution in [3.63, 3.8) is 0 Å². The van der Waals surface area contributed by atoms with E-state index >= 15 is 0 Å². The van der Waals surface area contributed by atoms with Gasteiger partial charge in [-0.25, -0.2) is 0 Å². The van der Waals surface area contributed by atoms with Crippen LogP contribution in [0.25, 0.3) is 0 Å². The predicted octanol–water partition coefficient (Wildman–Crippen LogP) is 4.07. The number of fused-ring (bicyclic) bond motifs is 1. The summed E-state index contributed by atoms with van der Waals surface area (Å²) in [7, 11) is 0. The van der Waals surface area contributed by atoms with Crippen LogP contribution in [0.4, 0.5) is 11.4 Å². The van der Waals surface area contributed by atoms with Gasteiger partial charge in [-0.1, -0.05) is 67.6 Å². The van der Waals surface area contributed by atoms with Crippen LogP contribution in [0.5, 0.6) is 0 Å². The van der Waals surface area contributed by atoms with Crippen molar-refractivity contribution in [2.45, 2.75) is 13.3 Å². The fraction of sp³-hybridized carbons (Fsp3) is 0.160. The van der Waals surface area contributed by atoms with Crippen molar-refractivity contribution in [1.82, 2.24) is 0 Å². The summed E-state index contributed by atoms with van der Waals surface area (Å²) in [6.07, 6.45) is 0.942. The molecule has 1 heterocycles. The number of para-hydroxylation sites is 1. The number of carbonyl (C=O) groups excluding carboxylic acids is 2. The zero-order valence-electron chi connectivity index (χ0n) is 16.8. The minimum atomic E-state index is -0.245. The topological polar surface area (TPSA) is 61.8 Å². The SMILES string of the molecule is CCc1ccc(NC(=O)CN2C(=O)CN=C(c3ccccc3)c3ccccc32)cc1. The van der Waals surface area contributed by atoms with Gasteiger partial charge in [0.25, 0.3) is 0 Å². The standard InChI is InChI=1S/C25H23N3O2/c1-2-18-12-14-20(15-13-18)27-23(29)17-28-22-11-7-6-10-21(22)25(26-16-24(28)30)19-8-4-3-5-9-19/h3-15H,2,16-17H2,1H3,(H,27,29). The number of anilines is 2. The fourth-order valence-corrected chi connectivity index (χ4v) is 3.54. The summed E-state index contributed by atoms with van der Waals surface area (Å²) in [5.41, 5.74) is 5.16. The minimum absolute atomic E-state index is 0.00259. The maximum absolute atomic E-state index is 12.9. The van der Waals surface area contributed by atoms with Crippen LogP contribution in [-0.2, 0) is 16.0 Å². The van der Waals surface area contributed by atoms with Gasteiger partial charge in [0, 0.05) is 16.8 Å². The first kappa shape index (κ1) is 19.6. The Morgan fingerprint density at radius 1 is 0.967 bits per heavy atom. The van der Waals surface area contributed by atoms with Gasteiger partial charge in [-0.3, -0.25) is 14.6 Å². The van der Waals surface area contributed by atoms with E-state index in [1.54, 1.807) is 0 Å². The van der Waals surface area contributed by atoms with E-state index in [4.69, 9.17) is 0 Å². The third kappa shape index (κ3) is 4.15. The zero-order chi connectivity index (χ0) is 20.9. The van der Waals surface area contributed by atoms with Gasteiger partial charge < -0.3 is 10.2 Å². The maximum atomic E-state index is 12.9. The highest BCUT2D eigenvalue weighted by Crippen LogP contribution is 2.26. The Morgan fingerprint density at radius 2 is 1.67 bits per heavy atom. The second kappa shape index (κ2) is 8.74. The van der Waals surface area contributed by atoms with Crippen LogP contribution in [-0.4, -0.2) is 30.6 Å². The molecule has 0 saturated heterocycles. The lowest BCUT2D eigenvalue weighted by atomic mass is 10.0. The molecule has 0 unspecified atom stereocenters. The van der Waals surface area contributed by atoms with Crippen molar-refractivity contribution in [2.24, 2.45) is 4.99 Å². The molecule has 0 radical (unpaired) electrons. The molecule has 1 N–H and O–H groups in total. The van der Waals surface area contributed by atoms with Crippen molar-refractivity contribution in [2.75, 3.05) is 23.3 Å². The quantitative estimate of drug-likeness (QED) is 0.705. The predicted molar refractivity (Wildman–Crippen MR) is 120 cm³/mol. The van der Waals surface area contributed by atoms with Crippen molar-refractivity contribution < 1.29 is 9.59 Å². The van der Waals surface area contributed by atoms with Crippen molar-refractivity contribution in [3.8, 4) is 0 Å². The number of hydrogen-bond donors (Lipinski definition) is 1. The molecule has 4 rings (SSSR count). The van der Waals surface area contributed by atoms with E-state index in [9.17, 15) is 9.59 Å². The highest BCUT2D eigenvalue weighted by molar-refractivity contribution is 6.20. The number of benzene rings is 3. The van der Waals surface area contributed by atoms with Crippen LogP contribution in [0, 0.1) is 0 Å². The molecular weight excluding hydrogens is 374 g/mol. The molecule has 0 spiro atoms. The molecule has 150 valence electrons. The van der Waals surface area contributed by atoms with E-state index in [1.807, 2.05) is 78.9 Å². The van der Waals surface area contributed by atoms with Gasteiger partial charge in [-0.05, 0) is 30.2 Å². The summed E-state index contributed by atoms with van der Waals surface area (Å²) >= 11 is 0. The molecule has 0 aliphatic carbocycles. The Balaban J connectivity index is 1.60. The Labute approximate surface area is 176 Å². The van der Waals surface area contributed by atoms with Gasteiger partial charge in [0.2, 0.25) is 11.8 Å². The first-order chi connectivity index (χ1) is 14.7. The van der Waals surface area contributed by atoms with Crippen LogP contribution in [0.3, 0.4) is 0 Å². The van der Waals surface area contributed by atoms with E-state index in [1.165, 1.54) is 10.5 Å². The lowest BCUT2D eigenvalue weighted by Gasteiger charge is -2.22. The summed E-state index contributed by atoms with van der Waals surface area (Å²) in [4.78, 5) is 31.7. The molecule has 0 aromatic heterocycles. The molecule has 0 bridgehead atoms. The van der Waals surface area contributed by atoms with Crippen LogP contribution >= 0.6 is 0 Å². The second-order valence-electron chi connectivity index (χ2n) is 7.13. The van der Waals surface area contributed by atoms with Crippen molar-refractivity contribution >= 4 is 28.9 Å². The fourth-order valence-electron chi connectivity index (χ4n) is 3.54. The van der Waals surface area contributed by atoms with Crippen LogP contribution in [0.1, 0.15) is 23.6 Å². The highest BCUT2D eigenvalue weighted by atomic mass is 16.2. The molecule has 5 nitrogen and oxygen atoms in total. The van der Waals surface area contributed by atoms with Crippen LogP contribution in [0.2, 0.25) is 0 Å². The number of carbonyl (C=O) groups is 2. The first-order valence-electron chi connectivity index (χ1n) is 10.0. The average Bonchev–Trinajstić information content (AvgIpc) is 2.92. The lowest BCUT2D eigenvalue weighted by Crippen LogP contribution is -2.39. The van der Waals surface area contributed by atoms with Gasteiger partial charge in [-0.2, -0.15) is 0 Å². The molecule has 30 heavy (non-hydrogen) atoms. The van der Waals surface area contributed by atoms with E-state index in [-0.39, 0.29) is 24.9 Å². The summed E-state index contributed by atoms with van der Waals surface area (Å²) in [6.45, 7) is 2.02. The normalized spacial score (nSPS) is 13.3. The Kier molecular flexibility index (Phi) is 5.70. The largest absolute Gasteiger partial charge is 0.325 e. The molecule has 0 saturated carbocycles. The van der Waals surface area contributed by atoms with Gasteiger partial charge in [0.05, 0.1) is 11.4 Å². The van der Waals surface area contributed by atoms with Gasteiger partial charge in [0.1, 0.15) is 13.1 Å². The van der Waals surface area contributed by atoms with E-state index in [2.05, 4.69) is 17.2 Å². The number of benzodiazepines with no additional fused rings is 1. The number of nitrogens with one attached hydrogen (secondary N) is 1. The number of nitrogens with zero attached hydrogens (tertiary/aromatic N) is 2. The monoisotopic (exact) mass is 397 g/mol.